The van der Waals surface area contributed by atoms with E-state index in [1.165, 1.54) is 25.3 Å². The number of aliphatic hydroxyl groups is 1. The Morgan fingerprint density at radius 1 is 1.25 bits per heavy atom. The first-order valence-corrected chi connectivity index (χ1v) is 5.72. The quantitative estimate of drug-likeness (QED) is 0.425. The Hall–Kier alpha value is -1.44. The van der Waals surface area contributed by atoms with E-state index in [1.54, 1.807) is 12.2 Å². The second-order valence-corrected chi connectivity index (χ2v) is 3.39. The molecule has 0 saturated heterocycles. The van der Waals surface area contributed by atoms with Crippen molar-refractivity contribution in [2.24, 2.45) is 0 Å². The molecule has 86 valence electrons. The van der Waals surface area contributed by atoms with Gasteiger partial charge in [0.1, 0.15) is 0 Å². The zero-order chi connectivity index (χ0) is 12.1. The minimum absolute atomic E-state index is 0.598. The van der Waals surface area contributed by atoms with E-state index in [2.05, 4.69) is 37.2 Å². The molecule has 0 heterocycles. The van der Waals surface area contributed by atoms with Crippen molar-refractivity contribution in [3.05, 3.63) is 24.8 Å². The molecule has 0 aliphatic heterocycles. The maximum atomic E-state index is 9.08. The number of hydrogen-bond acceptors (Lipinski definition) is 1. The summed E-state index contributed by atoms with van der Waals surface area (Å²) in [5, 5.41) is 9.08. The smallest absolute Gasteiger partial charge is 0.0909 e. The van der Waals surface area contributed by atoms with Crippen LogP contribution in [0.1, 0.15) is 39.0 Å². The third-order valence-electron chi connectivity index (χ3n) is 1.93. The Balaban J connectivity index is 3.60. The molecule has 0 aromatic heterocycles. The largest absolute Gasteiger partial charge is 0.385 e. The van der Waals surface area contributed by atoms with E-state index in [-0.39, 0.29) is 0 Å². The first-order valence-electron chi connectivity index (χ1n) is 5.72. The number of unbranched alkanes of at least 4 members (excludes halogenated alkanes) is 3. The summed E-state index contributed by atoms with van der Waals surface area (Å²) in [5.74, 6) is 11.8. The number of rotatable bonds is 5. The first kappa shape index (κ1) is 14.6. The van der Waals surface area contributed by atoms with E-state index in [0.29, 0.717) is 6.42 Å². The molecule has 0 aliphatic carbocycles. The molecule has 0 radical (unpaired) electrons. The molecule has 0 spiro atoms. The van der Waals surface area contributed by atoms with Crippen LogP contribution in [0.3, 0.4) is 0 Å². The molecule has 0 fully saturated rings. The Morgan fingerprint density at radius 3 is 2.75 bits per heavy atom. The van der Waals surface area contributed by atoms with Crippen molar-refractivity contribution in [1.29, 1.82) is 0 Å². The predicted molar refractivity (Wildman–Crippen MR) is 69.7 cm³/mol. The average Bonchev–Trinajstić information content (AvgIpc) is 2.31. The van der Waals surface area contributed by atoms with Gasteiger partial charge in [0, 0.05) is 6.42 Å². The van der Waals surface area contributed by atoms with Gasteiger partial charge in [-0.2, -0.15) is 0 Å². The summed E-state index contributed by atoms with van der Waals surface area (Å²) >= 11 is 0. The molecule has 0 saturated carbocycles. The lowest BCUT2D eigenvalue weighted by Crippen LogP contribution is -1.93. The van der Waals surface area contributed by atoms with Gasteiger partial charge in [0.2, 0.25) is 0 Å². The van der Waals surface area contributed by atoms with Gasteiger partial charge in [0.25, 0.3) is 0 Å². The van der Waals surface area contributed by atoms with E-state index < -0.39 is 6.10 Å². The summed E-state index contributed by atoms with van der Waals surface area (Å²) < 4.78 is 0. The molecule has 0 amide bonds. The van der Waals surface area contributed by atoms with Crippen LogP contribution in [-0.4, -0.2) is 11.2 Å². The molecule has 16 heavy (non-hydrogen) atoms. The highest BCUT2D eigenvalue weighted by Gasteiger charge is 1.84. The molecular weight excluding hydrogens is 196 g/mol. The van der Waals surface area contributed by atoms with E-state index >= 15 is 0 Å². The van der Waals surface area contributed by atoms with Gasteiger partial charge in [-0.3, -0.25) is 0 Å². The zero-order valence-corrected chi connectivity index (χ0v) is 10.00. The molecule has 0 bridgehead atoms. The molecule has 1 heteroatoms. The summed E-state index contributed by atoms with van der Waals surface area (Å²) in [6.45, 7) is 5.64. The Labute approximate surface area is 99.3 Å². The monoisotopic (exact) mass is 216 g/mol. The Morgan fingerprint density at radius 2 is 2.06 bits per heavy atom. The molecule has 1 atom stereocenters. The van der Waals surface area contributed by atoms with Crippen molar-refractivity contribution in [3.8, 4) is 23.7 Å². The highest BCUT2D eigenvalue weighted by molar-refractivity contribution is 5.21. The highest BCUT2D eigenvalue weighted by Crippen LogP contribution is 1.96. The van der Waals surface area contributed by atoms with Crippen LogP contribution < -0.4 is 0 Å². The van der Waals surface area contributed by atoms with E-state index in [9.17, 15) is 0 Å². The lowest BCUT2D eigenvalue weighted by Gasteiger charge is -1.90. The van der Waals surface area contributed by atoms with E-state index in [0.717, 1.165) is 6.42 Å². The maximum Gasteiger partial charge on any atom is 0.0909 e. The van der Waals surface area contributed by atoms with Gasteiger partial charge >= 0.3 is 0 Å². The van der Waals surface area contributed by atoms with Crippen LogP contribution in [0.2, 0.25) is 0 Å². The van der Waals surface area contributed by atoms with Crippen LogP contribution in [0.5, 0.6) is 0 Å². The van der Waals surface area contributed by atoms with E-state index in [4.69, 9.17) is 5.11 Å². The first-order chi connectivity index (χ1) is 7.81. The normalized spacial score (nSPS) is 11.1. The van der Waals surface area contributed by atoms with Gasteiger partial charge < -0.3 is 5.11 Å². The summed E-state index contributed by atoms with van der Waals surface area (Å²) in [4.78, 5) is 0. The van der Waals surface area contributed by atoms with Crippen molar-refractivity contribution in [3.63, 3.8) is 0 Å². The molecule has 1 unspecified atom stereocenters. The summed E-state index contributed by atoms with van der Waals surface area (Å²) in [5.41, 5.74) is 0. The SMILES string of the molecule is C=CC(O)C=CC#CCC#CCCCCC. The minimum atomic E-state index is -0.602. The standard InChI is InChI=1S/C15H20O/c1-3-5-6-7-8-9-10-11-12-13-14-15(16)4-2/h4,13-16H,2-3,5-7,10H2,1H3. The van der Waals surface area contributed by atoms with Crippen molar-refractivity contribution in [2.45, 2.75) is 45.1 Å². The molecule has 0 aliphatic rings. The van der Waals surface area contributed by atoms with Crippen LogP contribution >= 0.6 is 0 Å². The third kappa shape index (κ3) is 10.6. The summed E-state index contributed by atoms with van der Waals surface area (Å²) in [6.07, 6.45) is 9.31. The van der Waals surface area contributed by atoms with Crippen LogP contribution in [0.15, 0.2) is 24.8 Å². The lowest BCUT2D eigenvalue weighted by atomic mass is 10.2. The molecule has 1 N–H and O–H groups in total. The predicted octanol–water partition coefficient (Wildman–Crippen LogP) is 3.07. The number of aliphatic hydroxyl groups excluding tert-OH is 1. The van der Waals surface area contributed by atoms with Crippen molar-refractivity contribution >= 4 is 0 Å². The van der Waals surface area contributed by atoms with Gasteiger partial charge in [-0.1, -0.05) is 43.6 Å². The summed E-state index contributed by atoms with van der Waals surface area (Å²) in [6, 6.07) is 0. The fraction of sp³-hybridized carbons (Fsp3) is 0.467. The molecular formula is C15H20O. The van der Waals surface area contributed by atoms with Crippen molar-refractivity contribution in [2.75, 3.05) is 0 Å². The van der Waals surface area contributed by atoms with Gasteiger partial charge in [0.15, 0.2) is 0 Å². The van der Waals surface area contributed by atoms with Crippen LogP contribution in [0.4, 0.5) is 0 Å². The van der Waals surface area contributed by atoms with Crippen LogP contribution in [-0.2, 0) is 0 Å². The zero-order valence-electron chi connectivity index (χ0n) is 10.00. The van der Waals surface area contributed by atoms with Gasteiger partial charge in [-0.15, -0.1) is 12.5 Å². The van der Waals surface area contributed by atoms with Gasteiger partial charge in [-0.05, 0) is 18.6 Å². The van der Waals surface area contributed by atoms with E-state index in [1.807, 2.05) is 0 Å². The Bertz CT molecular complexity index is 317. The number of hydrogen-bond donors (Lipinski definition) is 1. The van der Waals surface area contributed by atoms with Crippen LogP contribution in [0.25, 0.3) is 0 Å². The third-order valence-corrected chi connectivity index (χ3v) is 1.93. The molecule has 0 aromatic carbocycles. The fourth-order valence-corrected chi connectivity index (χ4v) is 0.994. The average molecular weight is 216 g/mol. The topological polar surface area (TPSA) is 20.2 Å². The lowest BCUT2D eigenvalue weighted by molar-refractivity contribution is 0.272. The van der Waals surface area contributed by atoms with Crippen molar-refractivity contribution < 1.29 is 5.11 Å². The van der Waals surface area contributed by atoms with Gasteiger partial charge in [-0.25, -0.2) is 0 Å². The number of allylic oxidation sites excluding steroid dienone is 1. The highest BCUT2D eigenvalue weighted by atomic mass is 16.3. The van der Waals surface area contributed by atoms with Gasteiger partial charge in [0.05, 0.1) is 12.5 Å². The minimum Gasteiger partial charge on any atom is -0.385 e. The van der Waals surface area contributed by atoms with Crippen LogP contribution in [0, 0.1) is 23.7 Å². The second kappa shape index (κ2) is 11.6. The summed E-state index contributed by atoms with van der Waals surface area (Å²) in [7, 11) is 0. The van der Waals surface area contributed by atoms with Crippen molar-refractivity contribution in [1.82, 2.24) is 0 Å². The fourth-order valence-electron chi connectivity index (χ4n) is 0.994. The maximum absolute atomic E-state index is 9.08. The molecule has 1 nitrogen and oxygen atoms in total. The molecule has 0 rings (SSSR count). The molecule has 0 aromatic rings. The Kier molecular flexibility index (Phi) is 10.6. The second-order valence-electron chi connectivity index (χ2n) is 3.39.